The minimum atomic E-state index is -4.67. The van der Waals surface area contributed by atoms with Crippen molar-refractivity contribution in [2.24, 2.45) is 0 Å². The number of thiophene rings is 1. The summed E-state index contributed by atoms with van der Waals surface area (Å²) >= 11 is 6.98. The highest BCUT2D eigenvalue weighted by Gasteiger charge is 2.36. The number of rotatable bonds is 7. The van der Waals surface area contributed by atoms with E-state index in [1.165, 1.54) is 6.07 Å². The quantitative estimate of drug-likeness (QED) is 0.384. The first-order valence-electron chi connectivity index (χ1n) is 10.8. The molecule has 3 aromatic rings. The fourth-order valence-corrected chi connectivity index (χ4v) is 6.92. The number of likely N-dealkylation sites (tertiary alicyclic amines) is 1. The van der Waals surface area contributed by atoms with Crippen LogP contribution in [0.15, 0.2) is 52.7 Å². The number of hydrogen-bond acceptors (Lipinski definition) is 6. The van der Waals surface area contributed by atoms with E-state index < -0.39 is 33.6 Å². The number of alkyl halides is 3. The molecule has 1 aromatic heterocycles. The van der Waals surface area contributed by atoms with Crippen LogP contribution < -0.4 is 9.46 Å². The van der Waals surface area contributed by atoms with Gasteiger partial charge in [-0.1, -0.05) is 35.9 Å². The Morgan fingerprint density at radius 3 is 2.69 bits per heavy atom. The minimum absolute atomic E-state index is 0.0712. The van der Waals surface area contributed by atoms with Crippen LogP contribution in [-0.4, -0.2) is 39.6 Å². The van der Waals surface area contributed by atoms with E-state index in [0.29, 0.717) is 36.2 Å². The molecule has 1 fully saturated rings. The Morgan fingerprint density at radius 2 is 2.03 bits per heavy atom. The van der Waals surface area contributed by atoms with Crippen molar-refractivity contribution >= 4 is 38.6 Å². The van der Waals surface area contributed by atoms with Crippen LogP contribution in [0.3, 0.4) is 0 Å². The highest BCUT2D eigenvalue weighted by Crippen LogP contribution is 2.41. The molecule has 1 N–H and O–H groups in total. The van der Waals surface area contributed by atoms with Crippen LogP contribution in [0, 0.1) is 11.3 Å². The van der Waals surface area contributed by atoms with E-state index in [2.05, 4.69) is 4.72 Å². The Morgan fingerprint density at radius 1 is 1.25 bits per heavy atom. The van der Waals surface area contributed by atoms with Gasteiger partial charge in [0.15, 0.2) is 0 Å². The highest BCUT2D eigenvalue weighted by molar-refractivity contribution is 7.94. The van der Waals surface area contributed by atoms with Gasteiger partial charge in [-0.25, -0.2) is 8.42 Å². The third kappa shape index (κ3) is 5.95. The van der Waals surface area contributed by atoms with Crippen LogP contribution in [-0.2, 0) is 22.6 Å². The molecule has 0 amide bonds. The van der Waals surface area contributed by atoms with Crippen LogP contribution in [0.5, 0.6) is 5.75 Å². The molecule has 0 aliphatic carbocycles. The Labute approximate surface area is 215 Å². The molecule has 0 bridgehead atoms. The molecular weight excluding hydrogens is 535 g/mol. The maximum Gasteiger partial charge on any atom is 0.419 e. The second-order valence-electron chi connectivity index (χ2n) is 8.39. The van der Waals surface area contributed by atoms with E-state index in [4.69, 9.17) is 21.6 Å². The topological polar surface area (TPSA) is 82.4 Å². The lowest BCUT2D eigenvalue weighted by Gasteiger charge is -2.19. The van der Waals surface area contributed by atoms with Crippen LogP contribution in [0.25, 0.3) is 11.1 Å². The average molecular weight is 556 g/mol. The zero-order valence-corrected chi connectivity index (χ0v) is 21.4. The molecule has 6 nitrogen and oxygen atoms in total. The summed E-state index contributed by atoms with van der Waals surface area (Å²) < 4.78 is 75.6. The van der Waals surface area contributed by atoms with Gasteiger partial charge < -0.3 is 9.64 Å². The first-order valence-corrected chi connectivity index (χ1v) is 13.5. The molecule has 0 saturated carbocycles. The monoisotopic (exact) mass is 555 g/mol. The third-order valence-corrected chi connectivity index (χ3v) is 8.79. The van der Waals surface area contributed by atoms with Crippen molar-refractivity contribution in [2.75, 3.05) is 24.9 Å². The summed E-state index contributed by atoms with van der Waals surface area (Å²) in [6, 6.07) is 13.3. The molecule has 36 heavy (non-hydrogen) atoms. The summed E-state index contributed by atoms with van der Waals surface area (Å²) in [5, 5.41) is 8.97. The minimum Gasteiger partial charge on any atom is -0.488 e. The Hall–Kier alpha value is -2.78. The molecule has 1 aliphatic heterocycles. The van der Waals surface area contributed by atoms with Crippen LogP contribution in [0.2, 0.25) is 4.34 Å². The number of benzene rings is 2. The summed E-state index contributed by atoms with van der Waals surface area (Å²) in [5.74, 6) is -0.434. The summed E-state index contributed by atoms with van der Waals surface area (Å²) in [6.07, 6.45) is -4.39. The first-order chi connectivity index (χ1) is 17.0. The second kappa shape index (κ2) is 10.3. The largest absolute Gasteiger partial charge is 0.488 e. The SMILES string of the molecule is CN1CC[C@@H](Oc2cc(NS(=O)(=O)c3sc(Cl)cc3-c3cccc(CC#N)c3)ccc2C(F)(F)F)C1. The fraction of sp³-hybridized carbons (Fsp3) is 0.292. The lowest BCUT2D eigenvalue weighted by atomic mass is 10.0. The summed E-state index contributed by atoms with van der Waals surface area (Å²) in [6.45, 7) is 1.16. The first kappa shape index (κ1) is 26.3. The average Bonchev–Trinajstić information content (AvgIpc) is 3.39. The Balaban J connectivity index is 1.68. The van der Waals surface area contributed by atoms with Crippen molar-refractivity contribution in [3.05, 3.63) is 64.0 Å². The van der Waals surface area contributed by atoms with Crippen LogP contribution in [0.1, 0.15) is 17.5 Å². The molecule has 0 unspecified atom stereocenters. The maximum absolute atomic E-state index is 13.6. The summed E-state index contributed by atoms with van der Waals surface area (Å²) in [5.41, 5.74) is 0.533. The van der Waals surface area contributed by atoms with Gasteiger partial charge in [-0.2, -0.15) is 18.4 Å². The Kier molecular flexibility index (Phi) is 7.52. The highest BCUT2D eigenvalue weighted by atomic mass is 35.5. The van der Waals surface area contributed by atoms with E-state index in [9.17, 15) is 21.6 Å². The molecular formula is C24H21ClF3N3O3S2. The zero-order chi connectivity index (χ0) is 26.1. The van der Waals surface area contributed by atoms with E-state index in [1.54, 1.807) is 24.3 Å². The van der Waals surface area contributed by atoms with Crippen molar-refractivity contribution < 1.29 is 26.3 Å². The second-order valence-corrected chi connectivity index (χ2v) is 12.0. The lowest BCUT2D eigenvalue weighted by Crippen LogP contribution is -2.23. The van der Waals surface area contributed by atoms with E-state index >= 15 is 0 Å². The number of nitriles is 1. The third-order valence-electron chi connectivity index (χ3n) is 5.61. The number of anilines is 1. The number of sulfonamides is 1. The van der Waals surface area contributed by atoms with Crippen molar-refractivity contribution in [1.29, 1.82) is 5.26 Å². The van der Waals surface area contributed by atoms with Crippen molar-refractivity contribution in [3.63, 3.8) is 0 Å². The summed E-state index contributed by atoms with van der Waals surface area (Å²) in [4.78, 5) is 1.94. The van der Waals surface area contributed by atoms with Crippen LogP contribution >= 0.6 is 22.9 Å². The van der Waals surface area contributed by atoms with Gasteiger partial charge in [-0.15, -0.1) is 11.3 Å². The van der Waals surface area contributed by atoms with Crippen molar-refractivity contribution in [3.8, 4) is 22.9 Å². The predicted molar refractivity (Wildman–Crippen MR) is 133 cm³/mol. The number of nitrogens with zero attached hydrogens (tertiary/aromatic N) is 2. The van der Waals surface area contributed by atoms with Crippen LogP contribution in [0.4, 0.5) is 18.9 Å². The van der Waals surface area contributed by atoms with E-state index in [-0.39, 0.29) is 20.7 Å². The molecule has 12 heteroatoms. The van der Waals surface area contributed by atoms with Gasteiger partial charge in [0.2, 0.25) is 0 Å². The lowest BCUT2D eigenvalue weighted by molar-refractivity contribution is -0.139. The fourth-order valence-electron chi connectivity index (χ4n) is 3.98. The van der Waals surface area contributed by atoms with Crippen molar-refractivity contribution in [1.82, 2.24) is 4.90 Å². The number of likely N-dealkylation sites (N-methyl/N-ethyl adjacent to an activating group) is 1. The van der Waals surface area contributed by atoms with Gasteiger partial charge in [0, 0.05) is 24.7 Å². The van der Waals surface area contributed by atoms with Gasteiger partial charge in [-0.3, -0.25) is 4.72 Å². The maximum atomic E-state index is 13.6. The molecule has 1 atom stereocenters. The smallest absolute Gasteiger partial charge is 0.419 e. The van der Waals surface area contributed by atoms with E-state index in [1.807, 2.05) is 18.0 Å². The molecule has 0 spiro atoms. The molecule has 0 radical (unpaired) electrons. The summed E-state index contributed by atoms with van der Waals surface area (Å²) in [7, 11) is -2.38. The normalized spacial score (nSPS) is 16.6. The molecule has 2 heterocycles. The number of nitrogens with one attached hydrogen (secondary N) is 1. The molecule has 190 valence electrons. The predicted octanol–water partition coefficient (Wildman–Crippen LogP) is 6.04. The number of ether oxygens (including phenoxy) is 1. The van der Waals surface area contributed by atoms with Crippen molar-refractivity contribution in [2.45, 2.75) is 29.3 Å². The van der Waals surface area contributed by atoms with Gasteiger partial charge in [0.25, 0.3) is 10.0 Å². The number of hydrogen-bond donors (Lipinski definition) is 1. The molecule has 1 saturated heterocycles. The van der Waals surface area contributed by atoms with Gasteiger partial charge in [-0.05, 0) is 42.8 Å². The molecule has 4 rings (SSSR count). The zero-order valence-electron chi connectivity index (χ0n) is 19.0. The standard InChI is InChI=1S/C24H21ClF3N3O3S2/c1-31-10-8-18(14-31)34-21-12-17(5-6-20(21)24(26,27)28)30-36(32,33)23-19(13-22(25)35-23)16-4-2-3-15(11-16)7-9-29/h2-6,11-13,18,30H,7-8,10,14H2,1H3/t18-/m1/s1. The van der Waals surface area contributed by atoms with E-state index in [0.717, 1.165) is 29.5 Å². The van der Waals surface area contributed by atoms with Gasteiger partial charge >= 0.3 is 6.18 Å². The Bertz CT molecular complexity index is 1420. The van der Waals surface area contributed by atoms with Gasteiger partial charge in [0.1, 0.15) is 16.1 Å². The molecule has 2 aromatic carbocycles. The molecule has 1 aliphatic rings. The number of halogens is 4. The van der Waals surface area contributed by atoms with Gasteiger partial charge in [0.05, 0.1) is 28.1 Å².